The molecule has 3 nitrogen and oxygen atoms in total. The van der Waals surface area contributed by atoms with Crippen LogP contribution in [-0.2, 0) is 4.74 Å². The quantitative estimate of drug-likeness (QED) is 0.853. The molecule has 1 aliphatic rings. The molecule has 0 radical (unpaired) electrons. The Balaban J connectivity index is 1.75. The number of benzene rings is 2. The Morgan fingerprint density at radius 3 is 2.68 bits per heavy atom. The molecule has 0 aromatic heterocycles. The smallest absolute Gasteiger partial charge is 0.124 e. The van der Waals surface area contributed by atoms with E-state index in [1.807, 2.05) is 36.4 Å². The molecule has 2 aromatic carbocycles. The van der Waals surface area contributed by atoms with E-state index in [9.17, 15) is 5.11 Å². The Bertz CT molecular complexity index is 639. The van der Waals surface area contributed by atoms with Gasteiger partial charge in [-0.05, 0) is 35.9 Å². The molecule has 1 aliphatic heterocycles. The Hall–Kier alpha value is -1.07. The molecule has 1 saturated heterocycles. The number of halogens is 2. The zero-order valence-electron chi connectivity index (χ0n) is 11.8. The minimum absolute atomic E-state index is 0.121. The molecule has 1 fully saturated rings. The minimum Gasteiger partial charge on any atom is -0.488 e. The number of hydrogen-bond donors (Lipinski definition) is 1. The van der Waals surface area contributed by atoms with Gasteiger partial charge in [0.15, 0.2) is 0 Å². The monoisotopic (exact) mass is 382 g/mol. The van der Waals surface area contributed by atoms with E-state index in [0.29, 0.717) is 17.2 Å². The van der Waals surface area contributed by atoms with Crippen LogP contribution in [-0.4, -0.2) is 24.4 Å². The Kier molecular flexibility index (Phi) is 5.03. The summed E-state index contributed by atoms with van der Waals surface area (Å²) in [7, 11) is 0. The maximum Gasteiger partial charge on any atom is 0.124 e. The first-order valence-corrected chi connectivity index (χ1v) is 8.28. The molecular weight excluding hydrogens is 368 g/mol. The molecule has 1 N–H and O–H groups in total. The van der Waals surface area contributed by atoms with Crippen LogP contribution in [0.15, 0.2) is 46.9 Å². The second-order valence-corrected chi connectivity index (χ2v) is 6.56. The first kappa shape index (κ1) is 15.8. The van der Waals surface area contributed by atoms with E-state index in [0.717, 1.165) is 28.8 Å². The molecule has 3 rings (SSSR count). The van der Waals surface area contributed by atoms with Crippen molar-refractivity contribution in [1.82, 2.24) is 0 Å². The fourth-order valence-electron chi connectivity index (χ4n) is 2.43. The summed E-state index contributed by atoms with van der Waals surface area (Å²) in [5.74, 6) is 0.784. The number of hydrogen-bond acceptors (Lipinski definition) is 3. The van der Waals surface area contributed by atoms with E-state index in [1.165, 1.54) is 0 Å². The van der Waals surface area contributed by atoms with Crippen molar-refractivity contribution in [3.05, 3.63) is 63.1 Å². The lowest BCUT2D eigenvalue weighted by atomic mass is 10.0. The minimum atomic E-state index is -0.770. The lowest BCUT2D eigenvalue weighted by molar-refractivity contribution is 0.141. The van der Waals surface area contributed by atoms with Crippen molar-refractivity contribution in [2.75, 3.05) is 13.2 Å². The Morgan fingerprint density at radius 1 is 1.23 bits per heavy atom. The summed E-state index contributed by atoms with van der Waals surface area (Å²) in [6.45, 7) is 1.39. The Labute approximate surface area is 142 Å². The molecule has 0 saturated carbocycles. The molecule has 0 spiro atoms. The van der Waals surface area contributed by atoms with Gasteiger partial charge in [0.05, 0.1) is 13.2 Å². The first-order chi connectivity index (χ1) is 10.6. The maximum atomic E-state index is 10.5. The molecule has 2 atom stereocenters. The van der Waals surface area contributed by atoms with Crippen molar-refractivity contribution >= 4 is 27.5 Å². The van der Waals surface area contributed by atoms with E-state index in [4.69, 9.17) is 21.1 Å². The van der Waals surface area contributed by atoms with E-state index in [2.05, 4.69) is 15.9 Å². The van der Waals surface area contributed by atoms with Gasteiger partial charge in [-0.1, -0.05) is 39.7 Å². The zero-order valence-corrected chi connectivity index (χ0v) is 14.2. The van der Waals surface area contributed by atoms with Crippen LogP contribution >= 0.6 is 27.5 Å². The van der Waals surface area contributed by atoms with Crippen LogP contribution in [0.4, 0.5) is 0 Å². The summed E-state index contributed by atoms with van der Waals surface area (Å²) in [6, 6.07) is 12.9. The number of aliphatic hydroxyl groups excluding tert-OH is 1. The van der Waals surface area contributed by atoms with Gasteiger partial charge < -0.3 is 14.6 Å². The number of rotatable bonds is 4. The summed E-state index contributed by atoms with van der Waals surface area (Å²) in [4.78, 5) is 0. The van der Waals surface area contributed by atoms with Gasteiger partial charge in [-0.3, -0.25) is 0 Å². The topological polar surface area (TPSA) is 38.7 Å². The molecule has 0 bridgehead atoms. The summed E-state index contributed by atoms with van der Waals surface area (Å²) < 4.78 is 12.0. The summed E-state index contributed by atoms with van der Waals surface area (Å²) in [6.07, 6.45) is 0.266. The van der Waals surface area contributed by atoms with Gasteiger partial charge in [-0.2, -0.15) is 0 Å². The molecule has 22 heavy (non-hydrogen) atoms. The first-order valence-electron chi connectivity index (χ1n) is 7.11. The second kappa shape index (κ2) is 7.01. The molecule has 0 amide bonds. The fraction of sp³-hybridized carbons (Fsp3) is 0.294. The van der Waals surface area contributed by atoms with E-state index in [1.54, 1.807) is 6.07 Å². The second-order valence-electron chi connectivity index (χ2n) is 5.24. The third-order valence-electron chi connectivity index (χ3n) is 3.64. The lowest BCUT2D eigenvalue weighted by Crippen LogP contribution is -2.15. The van der Waals surface area contributed by atoms with Gasteiger partial charge in [0.2, 0.25) is 0 Å². The highest BCUT2D eigenvalue weighted by atomic mass is 79.9. The van der Waals surface area contributed by atoms with Gasteiger partial charge in [0.1, 0.15) is 18.0 Å². The van der Waals surface area contributed by atoms with Gasteiger partial charge >= 0.3 is 0 Å². The number of aliphatic hydroxyl groups is 1. The molecule has 1 unspecified atom stereocenters. The largest absolute Gasteiger partial charge is 0.488 e. The van der Waals surface area contributed by atoms with Crippen LogP contribution in [0.1, 0.15) is 23.7 Å². The standard InChI is InChI=1S/C17H16BrClO3/c18-12-3-6-16(19)15(9-12)17(20)11-1-4-13(5-2-11)22-14-7-8-21-10-14/h1-6,9,14,17,20H,7-8,10H2/t14-,17?/m1/s1. The van der Waals surface area contributed by atoms with E-state index < -0.39 is 6.10 Å². The van der Waals surface area contributed by atoms with Crippen LogP contribution in [0.3, 0.4) is 0 Å². The molecule has 0 aliphatic carbocycles. The van der Waals surface area contributed by atoms with Crippen LogP contribution < -0.4 is 4.74 Å². The third-order valence-corrected chi connectivity index (χ3v) is 4.48. The predicted molar refractivity (Wildman–Crippen MR) is 89.5 cm³/mol. The average molecular weight is 384 g/mol. The van der Waals surface area contributed by atoms with Crippen molar-refractivity contribution in [2.24, 2.45) is 0 Å². The van der Waals surface area contributed by atoms with Crippen LogP contribution in [0.5, 0.6) is 5.75 Å². The molecular formula is C17H16BrClO3. The molecule has 116 valence electrons. The zero-order chi connectivity index (χ0) is 15.5. The maximum absolute atomic E-state index is 10.5. The highest BCUT2D eigenvalue weighted by Gasteiger charge is 2.18. The summed E-state index contributed by atoms with van der Waals surface area (Å²) in [5.41, 5.74) is 1.45. The molecule has 2 aromatic rings. The van der Waals surface area contributed by atoms with Crippen molar-refractivity contribution in [3.63, 3.8) is 0 Å². The van der Waals surface area contributed by atoms with Crippen molar-refractivity contribution < 1.29 is 14.6 Å². The van der Waals surface area contributed by atoms with E-state index in [-0.39, 0.29) is 6.10 Å². The van der Waals surface area contributed by atoms with Gasteiger partial charge in [-0.25, -0.2) is 0 Å². The summed E-state index contributed by atoms with van der Waals surface area (Å²) >= 11 is 9.56. The van der Waals surface area contributed by atoms with Crippen LogP contribution in [0.25, 0.3) is 0 Å². The molecule has 5 heteroatoms. The molecule has 1 heterocycles. The normalized spacial score (nSPS) is 19.1. The Morgan fingerprint density at radius 2 is 2.00 bits per heavy atom. The highest BCUT2D eigenvalue weighted by molar-refractivity contribution is 9.10. The van der Waals surface area contributed by atoms with Gasteiger partial charge in [-0.15, -0.1) is 0 Å². The predicted octanol–water partition coefficient (Wildman–Crippen LogP) is 4.35. The van der Waals surface area contributed by atoms with E-state index >= 15 is 0 Å². The summed E-state index contributed by atoms with van der Waals surface area (Å²) in [5, 5.41) is 11.0. The van der Waals surface area contributed by atoms with Crippen molar-refractivity contribution in [1.29, 1.82) is 0 Å². The van der Waals surface area contributed by atoms with Crippen LogP contribution in [0, 0.1) is 0 Å². The highest BCUT2D eigenvalue weighted by Crippen LogP contribution is 2.31. The SMILES string of the molecule is OC(c1ccc(O[C@@H]2CCOC2)cc1)c1cc(Br)ccc1Cl. The van der Waals surface area contributed by atoms with Gasteiger partial charge in [0, 0.05) is 21.5 Å². The lowest BCUT2D eigenvalue weighted by Gasteiger charge is -2.15. The third kappa shape index (κ3) is 3.63. The number of ether oxygens (including phenoxy) is 2. The van der Waals surface area contributed by atoms with Crippen molar-refractivity contribution in [2.45, 2.75) is 18.6 Å². The van der Waals surface area contributed by atoms with Crippen molar-refractivity contribution in [3.8, 4) is 5.75 Å². The van der Waals surface area contributed by atoms with Gasteiger partial charge in [0.25, 0.3) is 0 Å². The van der Waals surface area contributed by atoms with Crippen LogP contribution in [0.2, 0.25) is 5.02 Å². The average Bonchev–Trinajstić information content (AvgIpc) is 3.03. The fourth-order valence-corrected chi connectivity index (χ4v) is 3.03.